The molecule has 0 aliphatic heterocycles. The number of hydrogen-bond donors (Lipinski definition) is 1. The van der Waals surface area contributed by atoms with Gasteiger partial charge in [0.1, 0.15) is 0 Å². The van der Waals surface area contributed by atoms with E-state index in [2.05, 4.69) is 0 Å². The summed E-state index contributed by atoms with van der Waals surface area (Å²) in [5, 5.41) is 0. The second-order valence-electron chi connectivity index (χ2n) is 2.65. The molecular formula is C6H14NNaO3S. The van der Waals surface area contributed by atoms with Crippen LogP contribution in [0.1, 0.15) is 26.7 Å². The minimum Gasteiger partial charge on any atom is -0.735 e. The van der Waals surface area contributed by atoms with Crippen LogP contribution in [-0.2, 0) is 10.3 Å². The van der Waals surface area contributed by atoms with Crippen molar-refractivity contribution in [2.45, 2.75) is 26.7 Å². The molecule has 0 amide bonds. The second-order valence-corrected chi connectivity index (χ2v) is 3.85. The van der Waals surface area contributed by atoms with Gasteiger partial charge in [0.2, 0.25) is 0 Å². The van der Waals surface area contributed by atoms with Gasteiger partial charge in [0.05, 0.1) is 0 Å². The van der Waals surface area contributed by atoms with Gasteiger partial charge in [0, 0.05) is 6.54 Å². The van der Waals surface area contributed by atoms with Crippen LogP contribution < -0.4 is 34.3 Å². The first-order chi connectivity index (χ1) is 4.95. The van der Waals surface area contributed by atoms with Crippen molar-refractivity contribution in [1.29, 1.82) is 0 Å². The zero-order chi connectivity index (χ0) is 8.91. The zero-order valence-corrected chi connectivity index (χ0v) is 10.6. The van der Waals surface area contributed by atoms with E-state index < -0.39 is 10.3 Å². The maximum atomic E-state index is 10.0. The van der Waals surface area contributed by atoms with Crippen LogP contribution in [0.4, 0.5) is 0 Å². The van der Waals surface area contributed by atoms with Crippen molar-refractivity contribution in [3.05, 3.63) is 0 Å². The van der Waals surface area contributed by atoms with Gasteiger partial charge in [0.25, 0.3) is 0 Å². The van der Waals surface area contributed by atoms with E-state index in [0.717, 1.165) is 12.8 Å². The van der Waals surface area contributed by atoms with Crippen molar-refractivity contribution in [3.8, 4) is 0 Å². The molecule has 0 spiro atoms. The molecule has 1 atom stereocenters. The van der Waals surface area contributed by atoms with E-state index in [1.54, 1.807) is 0 Å². The van der Waals surface area contributed by atoms with Crippen molar-refractivity contribution in [1.82, 2.24) is 4.72 Å². The topological polar surface area (TPSA) is 69.2 Å². The van der Waals surface area contributed by atoms with Crippen molar-refractivity contribution in [2.24, 2.45) is 5.92 Å². The Morgan fingerprint density at radius 3 is 2.33 bits per heavy atom. The Hall–Kier alpha value is 0.870. The van der Waals surface area contributed by atoms with Crippen molar-refractivity contribution in [2.75, 3.05) is 6.54 Å². The van der Waals surface area contributed by atoms with Crippen LogP contribution >= 0.6 is 0 Å². The third-order valence-corrected chi connectivity index (χ3v) is 2.17. The summed E-state index contributed by atoms with van der Waals surface area (Å²) >= 11 is 0. The molecule has 0 aromatic heterocycles. The maximum absolute atomic E-state index is 10.0. The van der Waals surface area contributed by atoms with Crippen molar-refractivity contribution < 1.29 is 42.5 Å². The summed E-state index contributed by atoms with van der Waals surface area (Å²) < 4.78 is 32.0. The molecule has 0 bridgehead atoms. The summed E-state index contributed by atoms with van der Waals surface area (Å²) in [4.78, 5) is 0. The van der Waals surface area contributed by atoms with E-state index in [0.29, 0.717) is 5.92 Å². The van der Waals surface area contributed by atoms with E-state index >= 15 is 0 Å². The summed E-state index contributed by atoms with van der Waals surface area (Å²) in [6.45, 7) is 4.29. The molecule has 68 valence electrons. The fourth-order valence-electron chi connectivity index (χ4n) is 0.634. The van der Waals surface area contributed by atoms with Gasteiger partial charge in [0.15, 0.2) is 10.3 Å². The van der Waals surface area contributed by atoms with E-state index in [9.17, 15) is 13.0 Å². The average Bonchev–Trinajstić information content (AvgIpc) is 1.85. The van der Waals surface area contributed by atoms with Crippen LogP contribution in [0.3, 0.4) is 0 Å². The van der Waals surface area contributed by atoms with Crippen molar-refractivity contribution in [3.63, 3.8) is 0 Å². The first kappa shape index (κ1) is 15.3. The molecule has 0 aromatic carbocycles. The minimum absolute atomic E-state index is 0. The van der Waals surface area contributed by atoms with Crippen LogP contribution in [0.15, 0.2) is 0 Å². The summed E-state index contributed by atoms with van der Waals surface area (Å²) in [6, 6.07) is 0. The van der Waals surface area contributed by atoms with Gasteiger partial charge >= 0.3 is 29.6 Å². The summed E-state index contributed by atoms with van der Waals surface area (Å²) in [5.41, 5.74) is 0. The SMILES string of the molecule is CCC(C)CCNS(=O)(=O)[O-].[Na+]. The van der Waals surface area contributed by atoms with E-state index in [1.165, 1.54) is 0 Å². The van der Waals surface area contributed by atoms with E-state index in [4.69, 9.17) is 0 Å². The minimum atomic E-state index is -4.23. The average molecular weight is 203 g/mol. The van der Waals surface area contributed by atoms with Crippen LogP contribution in [0.25, 0.3) is 0 Å². The smallest absolute Gasteiger partial charge is 0.735 e. The molecule has 0 heterocycles. The normalized spacial score (nSPS) is 13.6. The summed E-state index contributed by atoms with van der Waals surface area (Å²) in [7, 11) is -4.23. The van der Waals surface area contributed by atoms with Crippen molar-refractivity contribution >= 4 is 10.3 Å². The Bertz CT molecular complexity index is 193. The monoisotopic (exact) mass is 203 g/mol. The number of hydrogen-bond acceptors (Lipinski definition) is 3. The Morgan fingerprint density at radius 1 is 1.50 bits per heavy atom. The Morgan fingerprint density at radius 2 is 2.00 bits per heavy atom. The predicted octanol–water partition coefficient (Wildman–Crippen LogP) is -2.52. The molecule has 0 radical (unpaired) electrons. The van der Waals surface area contributed by atoms with Gasteiger partial charge in [-0.3, -0.25) is 0 Å². The fourth-order valence-corrected chi connectivity index (χ4v) is 1.00. The predicted molar refractivity (Wildman–Crippen MR) is 41.8 cm³/mol. The van der Waals surface area contributed by atoms with Gasteiger partial charge < -0.3 is 4.55 Å². The molecule has 0 saturated heterocycles. The fraction of sp³-hybridized carbons (Fsp3) is 1.00. The van der Waals surface area contributed by atoms with Crippen LogP contribution in [0.5, 0.6) is 0 Å². The van der Waals surface area contributed by atoms with Gasteiger partial charge in [-0.1, -0.05) is 20.3 Å². The largest absolute Gasteiger partial charge is 1.00 e. The van der Waals surface area contributed by atoms with Gasteiger partial charge in [-0.05, 0) is 12.3 Å². The summed E-state index contributed by atoms with van der Waals surface area (Å²) in [6.07, 6.45) is 1.72. The van der Waals surface area contributed by atoms with Crippen LogP contribution in [-0.4, -0.2) is 19.5 Å². The van der Waals surface area contributed by atoms with E-state index in [1.807, 2.05) is 18.6 Å². The molecule has 0 aromatic rings. The third-order valence-electron chi connectivity index (χ3n) is 1.61. The van der Waals surface area contributed by atoms with E-state index in [-0.39, 0.29) is 36.1 Å². The summed E-state index contributed by atoms with van der Waals surface area (Å²) in [5.74, 6) is 0.462. The van der Waals surface area contributed by atoms with Gasteiger partial charge in [-0.25, -0.2) is 13.1 Å². The van der Waals surface area contributed by atoms with Gasteiger partial charge in [-0.15, -0.1) is 0 Å². The van der Waals surface area contributed by atoms with Gasteiger partial charge in [-0.2, -0.15) is 0 Å². The number of nitrogens with one attached hydrogen (secondary N) is 1. The van der Waals surface area contributed by atoms with Crippen LogP contribution in [0, 0.1) is 5.92 Å². The molecular weight excluding hydrogens is 189 g/mol. The molecule has 4 nitrogen and oxygen atoms in total. The molecule has 1 unspecified atom stereocenters. The van der Waals surface area contributed by atoms with Crippen LogP contribution in [0.2, 0.25) is 0 Å². The molecule has 6 heteroatoms. The molecule has 0 rings (SSSR count). The number of rotatable bonds is 5. The molecule has 12 heavy (non-hydrogen) atoms. The molecule has 0 aliphatic rings. The molecule has 0 aliphatic carbocycles. The second kappa shape index (κ2) is 7.29. The first-order valence-electron chi connectivity index (χ1n) is 3.66. The Labute approximate surface area is 96.3 Å². The Kier molecular flexibility index (Phi) is 9.32. The maximum Gasteiger partial charge on any atom is 1.00 e. The third kappa shape index (κ3) is 10.9. The molecule has 1 N–H and O–H groups in total. The first-order valence-corrected chi connectivity index (χ1v) is 5.07. The standard InChI is InChI=1S/C6H15NO3S.Na/c1-3-6(2)4-5-7-11(8,9)10;/h6-7H,3-5H2,1-2H3,(H,8,9,10);/q;+1/p-1. The zero-order valence-electron chi connectivity index (χ0n) is 7.83. The molecule has 0 saturated carbocycles. The molecule has 0 fully saturated rings. The Balaban J connectivity index is 0. The quantitative estimate of drug-likeness (QED) is 0.396.